The lowest BCUT2D eigenvalue weighted by Gasteiger charge is -2.11. The van der Waals surface area contributed by atoms with Gasteiger partial charge in [0, 0.05) is 6.20 Å². The molecule has 0 saturated heterocycles. The lowest BCUT2D eigenvalue weighted by Crippen LogP contribution is -2.17. The van der Waals surface area contributed by atoms with Gasteiger partial charge in [0.25, 0.3) is 5.91 Å². The molecule has 1 heterocycles. The minimum absolute atomic E-state index is 0.319. The van der Waals surface area contributed by atoms with Gasteiger partial charge in [-0.05, 0) is 37.6 Å². The summed E-state index contributed by atoms with van der Waals surface area (Å²) in [6.07, 6.45) is 1.55. The summed E-state index contributed by atoms with van der Waals surface area (Å²) in [5.74, 6) is -0.853. The van der Waals surface area contributed by atoms with Crippen molar-refractivity contribution in [1.82, 2.24) is 4.98 Å². The van der Waals surface area contributed by atoms with Crippen LogP contribution in [0.1, 0.15) is 32.0 Å². The van der Waals surface area contributed by atoms with Crippen LogP contribution in [0.3, 0.4) is 0 Å². The summed E-state index contributed by atoms with van der Waals surface area (Å²) in [5.41, 5.74) is 2.72. The van der Waals surface area contributed by atoms with E-state index >= 15 is 0 Å². The molecule has 0 atom stereocenters. The number of hydrogen-bond acceptors (Lipinski definition) is 4. The summed E-state index contributed by atoms with van der Waals surface area (Å²) in [6.45, 7) is 3.67. The first-order chi connectivity index (χ1) is 10.0. The number of methoxy groups -OCH3 is 1. The van der Waals surface area contributed by atoms with Crippen LogP contribution in [0.4, 0.5) is 5.69 Å². The average Bonchev–Trinajstić information content (AvgIpc) is 2.48. The van der Waals surface area contributed by atoms with Gasteiger partial charge in [-0.3, -0.25) is 9.78 Å². The highest BCUT2D eigenvalue weighted by atomic mass is 16.5. The van der Waals surface area contributed by atoms with E-state index in [1.54, 1.807) is 37.4 Å². The molecule has 0 saturated carbocycles. The second kappa shape index (κ2) is 6.17. The maximum absolute atomic E-state index is 12.3. The Bertz CT molecular complexity index is 696. The fraction of sp³-hybridized carbons (Fsp3) is 0.188. The van der Waals surface area contributed by atoms with Crippen LogP contribution in [-0.4, -0.2) is 24.0 Å². The first-order valence-electron chi connectivity index (χ1n) is 6.45. The largest absolute Gasteiger partial charge is 0.465 e. The van der Waals surface area contributed by atoms with Gasteiger partial charge in [0.05, 0.1) is 18.4 Å². The van der Waals surface area contributed by atoms with Crippen molar-refractivity contribution >= 4 is 17.6 Å². The number of anilines is 1. The van der Waals surface area contributed by atoms with Crippen molar-refractivity contribution in [2.45, 2.75) is 13.8 Å². The Morgan fingerprint density at radius 1 is 1.19 bits per heavy atom. The Kier molecular flexibility index (Phi) is 4.33. The maximum atomic E-state index is 12.3. The molecule has 0 fully saturated rings. The van der Waals surface area contributed by atoms with Crippen LogP contribution in [0.2, 0.25) is 0 Å². The first-order valence-corrected chi connectivity index (χ1v) is 6.45. The average molecular weight is 284 g/mol. The normalized spacial score (nSPS) is 10.0. The summed E-state index contributed by atoms with van der Waals surface area (Å²) < 4.78 is 4.74. The van der Waals surface area contributed by atoms with Crippen LogP contribution >= 0.6 is 0 Å². The molecule has 108 valence electrons. The van der Waals surface area contributed by atoms with Crippen LogP contribution in [0.5, 0.6) is 0 Å². The number of benzene rings is 1. The van der Waals surface area contributed by atoms with Gasteiger partial charge in [-0.15, -0.1) is 0 Å². The third-order valence-corrected chi connectivity index (χ3v) is 3.05. The standard InChI is InChI=1S/C16H16N2O3/c1-10-6-7-13(12(9-10)16(20)21-3)18-15(19)14-11(2)5-4-8-17-14/h4-9H,1-3H3,(H,18,19). The molecule has 5 nitrogen and oxygen atoms in total. The van der Waals surface area contributed by atoms with Crippen LogP contribution in [-0.2, 0) is 4.74 Å². The number of pyridine rings is 1. The molecule has 0 bridgehead atoms. The summed E-state index contributed by atoms with van der Waals surface area (Å²) in [5, 5.41) is 2.71. The molecule has 1 amide bonds. The summed E-state index contributed by atoms with van der Waals surface area (Å²) in [6, 6.07) is 8.73. The third kappa shape index (κ3) is 3.25. The Morgan fingerprint density at radius 2 is 1.95 bits per heavy atom. The van der Waals surface area contributed by atoms with Crippen molar-refractivity contribution in [3.05, 3.63) is 58.9 Å². The SMILES string of the molecule is COC(=O)c1cc(C)ccc1NC(=O)c1ncccc1C. The number of amides is 1. The van der Waals surface area contributed by atoms with Crippen LogP contribution in [0.15, 0.2) is 36.5 Å². The number of nitrogens with one attached hydrogen (secondary N) is 1. The van der Waals surface area contributed by atoms with Gasteiger partial charge in [0.2, 0.25) is 0 Å². The molecule has 1 aromatic carbocycles. The van der Waals surface area contributed by atoms with Crippen molar-refractivity contribution < 1.29 is 14.3 Å². The number of carbonyl (C=O) groups is 2. The van der Waals surface area contributed by atoms with E-state index in [1.165, 1.54) is 7.11 Å². The highest BCUT2D eigenvalue weighted by Gasteiger charge is 2.16. The maximum Gasteiger partial charge on any atom is 0.339 e. The van der Waals surface area contributed by atoms with E-state index in [9.17, 15) is 9.59 Å². The van der Waals surface area contributed by atoms with Crippen molar-refractivity contribution in [3.63, 3.8) is 0 Å². The van der Waals surface area contributed by atoms with Crippen LogP contribution < -0.4 is 5.32 Å². The molecule has 1 aromatic heterocycles. The molecule has 21 heavy (non-hydrogen) atoms. The lowest BCUT2D eigenvalue weighted by molar-refractivity contribution is 0.0602. The lowest BCUT2D eigenvalue weighted by atomic mass is 10.1. The van der Waals surface area contributed by atoms with Gasteiger partial charge in [-0.2, -0.15) is 0 Å². The van der Waals surface area contributed by atoms with Gasteiger partial charge in [-0.25, -0.2) is 4.79 Å². The summed E-state index contributed by atoms with van der Waals surface area (Å²) in [4.78, 5) is 28.1. The highest BCUT2D eigenvalue weighted by Crippen LogP contribution is 2.19. The minimum Gasteiger partial charge on any atom is -0.465 e. The van der Waals surface area contributed by atoms with Crippen molar-refractivity contribution in [3.8, 4) is 0 Å². The number of ether oxygens (including phenoxy) is 1. The topological polar surface area (TPSA) is 68.3 Å². The van der Waals surface area contributed by atoms with E-state index in [-0.39, 0.29) is 5.91 Å². The minimum atomic E-state index is -0.494. The third-order valence-electron chi connectivity index (χ3n) is 3.05. The Balaban J connectivity index is 2.34. The van der Waals surface area contributed by atoms with Crippen LogP contribution in [0.25, 0.3) is 0 Å². The van der Waals surface area contributed by atoms with Gasteiger partial charge < -0.3 is 10.1 Å². The Hall–Kier alpha value is -2.69. The second-order valence-electron chi connectivity index (χ2n) is 4.66. The number of nitrogens with zero attached hydrogens (tertiary/aromatic N) is 1. The monoisotopic (exact) mass is 284 g/mol. The quantitative estimate of drug-likeness (QED) is 0.880. The fourth-order valence-electron chi connectivity index (χ4n) is 1.95. The van der Waals surface area contributed by atoms with Crippen molar-refractivity contribution in [2.75, 3.05) is 12.4 Å². The molecular formula is C16H16N2O3. The molecule has 1 N–H and O–H groups in total. The second-order valence-corrected chi connectivity index (χ2v) is 4.66. The summed E-state index contributed by atoms with van der Waals surface area (Å²) >= 11 is 0. The van der Waals surface area contributed by atoms with Crippen molar-refractivity contribution in [1.29, 1.82) is 0 Å². The number of aryl methyl sites for hydroxylation is 2. The van der Waals surface area contributed by atoms with Gasteiger partial charge in [-0.1, -0.05) is 17.7 Å². The number of carbonyl (C=O) groups excluding carboxylic acids is 2. The van der Waals surface area contributed by atoms with Crippen LogP contribution in [0, 0.1) is 13.8 Å². The highest BCUT2D eigenvalue weighted by molar-refractivity contribution is 6.07. The molecule has 0 aliphatic heterocycles. The summed E-state index contributed by atoms with van der Waals surface area (Å²) in [7, 11) is 1.30. The predicted molar refractivity (Wildman–Crippen MR) is 79.4 cm³/mol. The number of aromatic nitrogens is 1. The Morgan fingerprint density at radius 3 is 2.62 bits per heavy atom. The van der Waals surface area contributed by atoms with E-state index in [0.717, 1.165) is 11.1 Å². The molecule has 0 radical (unpaired) electrons. The van der Waals surface area contributed by atoms with E-state index in [0.29, 0.717) is 16.9 Å². The number of esters is 1. The van der Waals surface area contributed by atoms with E-state index < -0.39 is 5.97 Å². The zero-order valence-electron chi connectivity index (χ0n) is 12.1. The van der Waals surface area contributed by atoms with E-state index in [1.807, 2.05) is 13.0 Å². The zero-order valence-corrected chi connectivity index (χ0v) is 12.1. The predicted octanol–water partition coefficient (Wildman–Crippen LogP) is 2.74. The molecular weight excluding hydrogens is 268 g/mol. The Labute approximate surface area is 123 Å². The smallest absolute Gasteiger partial charge is 0.339 e. The van der Waals surface area contributed by atoms with Gasteiger partial charge >= 0.3 is 5.97 Å². The zero-order chi connectivity index (χ0) is 15.4. The van der Waals surface area contributed by atoms with Gasteiger partial charge in [0.1, 0.15) is 5.69 Å². The van der Waals surface area contributed by atoms with Gasteiger partial charge in [0.15, 0.2) is 0 Å². The molecule has 2 aromatic rings. The number of hydrogen-bond donors (Lipinski definition) is 1. The van der Waals surface area contributed by atoms with E-state index in [4.69, 9.17) is 4.74 Å². The van der Waals surface area contributed by atoms with E-state index in [2.05, 4.69) is 10.3 Å². The molecule has 0 spiro atoms. The first kappa shape index (κ1) is 14.7. The molecule has 0 aliphatic carbocycles. The number of rotatable bonds is 3. The molecule has 0 aliphatic rings. The fourth-order valence-corrected chi connectivity index (χ4v) is 1.95. The molecule has 5 heteroatoms. The van der Waals surface area contributed by atoms with Crippen molar-refractivity contribution in [2.24, 2.45) is 0 Å². The molecule has 2 rings (SSSR count). The molecule has 0 unspecified atom stereocenters.